The van der Waals surface area contributed by atoms with E-state index in [1.165, 1.54) is 336 Å². The summed E-state index contributed by atoms with van der Waals surface area (Å²) in [5.74, 6) is 0.598. The van der Waals surface area contributed by atoms with Crippen molar-refractivity contribution in [1.29, 1.82) is 0 Å². The summed E-state index contributed by atoms with van der Waals surface area (Å²) in [6, 6.07) is 90.8. The Morgan fingerprint density at radius 1 is 0.250 bits per heavy atom. The van der Waals surface area contributed by atoms with Crippen LogP contribution in [0.15, 0.2) is 243 Å². The summed E-state index contributed by atoms with van der Waals surface area (Å²) in [4.78, 5) is 2.32. The number of hydrogen-bond acceptors (Lipinski definition) is 1. The summed E-state index contributed by atoms with van der Waals surface area (Å²) < 4.78 is 0. The first kappa shape index (κ1) is 87.7. The second kappa shape index (κ2) is 41.5. The number of anilines is 3. The van der Waals surface area contributed by atoms with Crippen molar-refractivity contribution >= 4 is 103 Å². The lowest BCUT2D eigenvalue weighted by Gasteiger charge is -2.33. The van der Waals surface area contributed by atoms with Crippen molar-refractivity contribution in [2.45, 2.75) is 283 Å². The van der Waals surface area contributed by atoms with Gasteiger partial charge in [-0.1, -0.05) is 386 Å². The van der Waals surface area contributed by atoms with E-state index in [1.54, 1.807) is 22.3 Å². The highest BCUT2D eigenvalue weighted by Crippen LogP contribution is 2.55. The Bertz CT molecular complexity index is 5450. The van der Waals surface area contributed by atoms with Gasteiger partial charge in [0.05, 0.1) is 0 Å². The van der Waals surface area contributed by atoms with Crippen molar-refractivity contribution < 1.29 is 0 Å². The minimum atomic E-state index is 0.234. The molecule has 16 aromatic carbocycles. The zero-order valence-electron chi connectivity index (χ0n) is 76.3. The number of nitrogens with zero attached hydrogens (tertiary/aromatic N) is 1. The summed E-state index contributed by atoms with van der Waals surface area (Å²) >= 11 is 0. The SMILES string of the molecule is CCC(C)c1ccc(N(c2ccc(C)cc2)c2ccc(C)cc2)cc1.CCCCCCCCC1(CCCCCCCC)c2cc(C)ccc2-c2ccc(C)cc21.CCCCCCc1cc(C)c(CCCCCC)cc1C.Cc1ccc2c3ccc(C)c4cccc(c5cccc1c52)c43.Cc1ccc2c3cccc4c(C)ccc(c5cccc1c52)c43. The molecule has 620 valence electrons. The molecule has 120 heavy (non-hydrogen) atoms. The maximum absolute atomic E-state index is 2.53. The summed E-state index contributed by atoms with van der Waals surface area (Å²) in [6.07, 6.45) is 33.8. The molecule has 0 fully saturated rings. The first-order valence-corrected chi connectivity index (χ1v) is 46.9. The Morgan fingerprint density at radius 3 is 0.842 bits per heavy atom. The van der Waals surface area contributed by atoms with Crippen molar-refractivity contribution in [3.63, 3.8) is 0 Å². The smallest absolute Gasteiger partial charge is 0.0461 e. The first-order valence-electron chi connectivity index (χ1n) is 46.9. The van der Waals surface area contributed by atoms with Gasteiger partial charge in [-0.15, -0.1) is 0 Å². The van der Waals surface area contributed by atoms with Gasteiger partial charge in [-0.3, -0.25) is 0 Å². The molecule has 0 radical (unpaired) electrons. The van der Waals surface area contributed by atoms with Crippen LogP contribution in [-0.4, -0.2) is 0 Å². The molecule has 1 aliphatic rings. The Morgan fingerprint density at radius 2 is 0.525 bits per heavy atom. The molecule has 0 N–H and O–H groups in total. The average molecular weight is 1580 g/mol. The largest absolute Gasteiger partial charge is 0.311 e. The van der Waals surface area contributed by atoms with Gasteiger partial charge in [0.2, 0.25) is 0 Å². The summed E-state index contributed by atoms with van der Waals surface area (Å²) in [5, 5.41) is 22.1. The second-order valence-corrected chi connectivity index (χ2v) is 36.1. The lowest BCUT2D eigenvalue weighted by molar-refractivity contribution is 0.397. The number of rotatable bonds is 29. The minimum absolute atomic E-state index is 0.234. The van der Waals surface area contributed by atoms with Gasteiger partial charge in [0.15, 0.2) is 0 Å². The van der Waals surface area contributed by atoms with Gasteiger partial charge in [-0.05, 0) is 315 Å². The van der Waals surface area contributed by atoms with Crippen LogP contribution in [-0.2, 0) is 18.3 Å². The van der Waals surface area contributed by atoms with E-state index in [-0.39, 0.29) is 5.41 Å². The van der Waals surface area contributed by atoms with Crippen molar-refractivity contribution in [3.8, 4) is 11.1 Å². The monoisotopic (exact) mass is 1580 g/mol. The van der Waals surface area contributed by atoms with Crippen LogP contribution in [0.3, 0.4) is 0 Å². The van der Waals surface area contributed by atoms with Crippen LogP contribution < -0.4 is 4.90 Å². The molecule has 1 atom stereocenters. The fourth-order valence-electron chi connectivity index (χ4n) is 19.8. The predicted octanol–water partition coefficient (Wildman–Crippen LogP) is 36.6. The molecule has 1 nitrogen and oxygen atoms in total. The van der Waals surface area contributed by atoms with Gasteiger partial charge >= 0.3 is 0 Å². The van der Waals surface area contributed by atoms with Crippen LogP contribution in [0.25, 0.3) is 97.3 Å². The van der Waals surface area contributed by atoms with Gasteiger partial charge in [-0.25, -0.2) is 0 Å². The molecule has 0 saturated carbocycles. The van der Waals surface area contributed by atoms with Crippen LogP contribution in [0.2, 0.25) is 0 Å². The Kier molecular flexibility index (Phi) is 30.3. The maximum atomic E-state index is 2.53. The third-order valence-corrected chi connectivity index (χ3v) is 27.1. The highest BCUT2D eigenvalue weighted by Gasteiger charge is 2.42. The fourth-order valence-corrected chi connectivity index (χ4v) is 19.8. The van der Waals surface area contributed by atoms with Crippen molar-refractivity contribution in [3.05, 3.63) is 326 Å². The van der Waals surface area contributed by atoms with Gasteiger partial charge in [0, 0.05) is 22.5 Å². The van der Waals surface area contributed by atoms with Crippen LogP contribution in [0.1, 0.15) is 279 Å². The highest BCUT2D eigenvalue weighted by atomic mass is 15.1. The molecule has 0 aliphatic heterocycles. The number of benzene rings is 16. The molecule has 17 rings (SSSR count). The van der Waals surface area contributed by atoms with Gasteiger partial charge in [-0.2, -0.15) is 0 Å². The van der Waals surface area contributed by atoms with Crippen molar-refractivity contribution in [1.82, 2.24) is 0 Å². The van der Waals surface area contributed by atoms with E-state index in [9.17, 15) is 0 Å². The second-order valence-electron chi connectivity index (χ2n) is 36.1. The first-order chi connectivity index (χ1) is 58.4. The van der Waals surface area contributed by atoms with Crippen molar-refractivity contribution in [2.75, 3.05) is 4.90 Å². The van der Waals surface area contributed by atoms with E-state index in [1.807, 2.05) is 0 Å². The standard InChI is InChI=1S/C31H46.C24H27N.2C22H16.C20H34/c1-5-7-9-11-13-15-21-31(22-16-14-12-10-8-6-2)29-23-25(3)17-19-27(29)28-20-18-26(4)24-30(28)31;1-5-20(4)21-10-16-24(17-11-21)25(22-12-6-18(2)7-13-22)23-14-8-19(3)9-15-23;1-13-9-11-19-18-8-4-6-16-14(2)10-12-20(22(16)18)17-7-3-5-15(13)21(17)19;1-13-9-11-19-20-12-10-14(2)16-6-4-8-18(22(16)20)17-7-3-5-15(13)21(17)19;1-5-7-9-11-13-19-15-18(4)20(16-17(19)3)14-12-10-8-6-2/h17-20,23-24H,5-16,21-22H2,1-4H3;6-17,20H,5H2,1-4H3;2*3-12H,1-2H3;15-16H,5-14H2,1-4H3. The number of unbranched alkanes of at least 4 members (excludes halogenated alkanes) is 16. The van der Waals surface area contributed by atoms with E-state index in [0.717, 1.165) is 0 Å². The number of aryl methyl sites for hydroxylation is 12. The zero-order valence-corrected chi connectivity index (χ0v) is 76.3. The molecule has 1 unspecified atom stereocenters. The van der Waals surface area contributed by atoms with Crippen LogP contribution in [0.5, 0.6) is 0 Å². The predicted molar refractivity (Wildman–Crippen MR) is 533 cm³/mol. The molecule has 0 spiro atoms. The van der Waals surface area contributed by atoms with Gasteiger partial charge in [0.25, 0.3) is 0 Å². The quantitative estimate of drug-likeness (QED) is 0.0257. The van der Waals surface area contributed by atoms with E-state index >= 15 is 0 Å². The van der Waals surface area contributed by atoms with E-state index in [4.69, 9.17) is 0 Å². The minimum Gasteiger partial charge on any atom is -0.311 e. The Balaban J connectivity index is 0.000000131. The van der Waals surface area contributed by atoms with Crippen molar-refractivity contribution in [2.24, 2.45) is 0 Å². The fraction of sp³-hybridized carbons (Fsp3) is 0.361. The van der Waals surface area contributed by atoms with E-state index < -0.39 is 0 Å². The molecule has 1 heteroatoms. The molecular formula is C119H139N. The Hall–Kier alpha value is -10.1. The highest BCUT2D eigenvalue weighted by molar-refractivity contribution is 6.34. The molecule has 0 bridgehead atoms. The summed E-state index contributed by atoms with van der Waals surface area (Å²) in [7, 11) is 0. The maximum Gasteiger partial charge on any atom is 0.0461 e. The lowest BCUT2D eigenvalue weighted by Crippen LogP contribution is -2.25. The van der Waals surface area contributed by atoms with E-state index in [0.29, 0.717) is 5.92 Å². The Labute approximate surface area is 723 Å². The molecule has 16 aromatic rings. The average Bonchev–Trinajstić information content (AvgIpc) is 1.73. The molecule has 1 aliphatic carbocycles. The molecule has 0 amide bonds. The van der Waals surface area contributed by atoms with Gasteiger partial charge < -0.3 is 4.90 Å². The summed E-state index contributed by atoms with van der Waals surface area (Å²) in [6.45, 7) is 35.9. The molecule has 0 heterocycles. The molecular weight excluding hydrogens is 1440 g/mol. The number of fused-ring (bicyclic) bond motifs is 7. The summed E-state index contributed by atoms with van der Waals surface area (Å²) in [5.41, 5.74) is 28.5. The van der Waals surface area contributed by atoms with Crippen LogP contribution >= 0.6 is 0 Å². The lowest BCUT2D eigenvalue weighted by atomic mass is 9.70. The third kappa shape index (κ3) is 19.8. The topological polar surface area (TPSA) is 3.24 Å². The van der Waals surface area contributed by atoms with Crippen LogP contribution in [0, 0.1) is 69.2 Å². The third-order valence-electron chi connectivity index (χ3n) is 27.1. The molecule has 0 saturated heterocycles. The zero-order chi connectivity index (χ0) is 84.4. The van der Waals surface area contributed by atoms with Crippen LogP contribution in [0.4, 0.5) is 17.1 Å². The molecule has 0 aromatic heterocycles. The normalized spacial score (nSPS) is 12.4. The van der Waals surface area contributed by atoms with E-state index in [2.05, 4.69) is 358 Å². The number of hydrogen-bond donors (Lipinski definition) is 0. The van der Waals surface area contributed by atoms with Gasteiger partial charge in [0.1, 0.15) is 0 Å².